The molecule has 0 radical (unpaired) electrons. The van der Waals surface area contributed by atoms with E-state index in [0.717, 1.165) is 12.4 Å². The zero-order valence-corrected chi connectivity index (χ0v) is 14.4. The lowest BCUT2D eigenvalue weighted by molar-refractivity contribution is 0.119. The van der Waals surface area contributed by atoms with Crippen LogP contribution in [0.3, 0.4) is 0 Å². The summed E-state index contributed by atoms with van der Waals surface area (Å²) in [5, 5.41) is 0.112. The van der Waals surface area contributed by atoms with Gasteiger partial charge in [0, 0.05) is 45.3 Å². The number of nitrogens with zero attached hydrogens (tertiary/aromatic N) is 5. The smallest absolute Gasteiger partial charge is 0.262 e. The molecule has 0 aliphatic carbocycles. The molecule has 1 fully saturated rings. The molecule has 0 spiro atoms. The zero-order chi connectivity index (χ0) is 16.6. The number of rotatable bonds is 4. The maximum absolute atomic E-state index is 12.9. The van der Waals surface area contributed by atoms with Gasteiger partial charge in [-0.05, 0) is 13.5 Å². The highest BCUT2D eigenvalue weighted by Gasteiger charge is 2.36. The molecule has 1 aliphatic rings. The van der Waals surface area contributed by atoms with E-state index in [1.54, 1.807) is 37.1 Å². The third-order valence-corrected chi connectivity index (χ3v) is 6.12. The van der Waals surface area contributed by atoms with Gasteiger partial charge in [0.1, 0.15) is 11.6 Å². The summed E-state index contributed by atoms with van der Waals surface area (Å²) in [6, 6.07) is -0.0664. The second-order valence-electron chi connectivity index (χ2n) is 5.72. The van der Waals surface area contributed by atoms with Crippen molar-refractivity contribution in [2.45, 2.75) is 24.9 Å². The van der Waals surface area contributed by atoms with Gasteiger partial charge in [-0.25, -0.2) is 18.4 Å². The largest absolute Gasteiger partial charge is 0.347 e. The number of imidazole rings is 2. The van der Waals surface area contributed by atoms with Gasteiger partial charge in [0.2, 0.25) is 0 Å². The van der Waals surface area contributed by atoms with Crippen LogP contribution in [0, 0.1) is 6.92 Å². The third kappa shape index (κ3) is 2.91. The van der Waals surface area contributed by atoms with Crippen LogP contribution in [0.15, 0.2) is 23.6 Å². The van der Waals surface area contributed by atoms with Crippen molar-refractivity contribution in [1.29, 1.82) is 0 Å². The molecule has 1 aliphatic heterocycles. The number of piperazine rings is 1. The molecule has 23 heavy (non-hydrogen) atoms. The Balaban J connectivity index is 1.88. The number of sulfonamides is 1. The molecule has 0 aromatic carbocycles. The van der Waals surface area contributed by atoms with Crippen molar-refractivity contribution in [3.8, 4) is 0 Å². The quantitative estimate of drug-likeness (QED) is 0.878. The molecule has 1 atom stereocenters. The van der Waals surface area contributed by atoms with Crippen LogP contribution >= 0.6 is 0 Å². The molecule has 1 saturated heterocycles. The molecular weight excluding hydrogens is 316 g/mol. The van der Waals surface area contributed by atoms with Crippen molar-refractivity contribution in [2.75, 3.05) is 26.2 Å². The number of aromatic amines is 1. The molecule has 8 nitrogen and oxygen atoms in total. The van der Waals surface area contributed by atoms with E-state index < -0.39 is 10.0 Å². The fourth-order valence-electron chi connectivity index (χ4n) is 2.89. The first kappa shape index (κ1) is 16.2. The van der Waals surface area contributed by atoms with Gasteiger partial charge < -0.3 is 9.55 Å². The van der Waals surface area contributed by atoms with Crippen molar-refractivity contribution in [2.24, 2.45) is 7.05 Å². The number of aryl methyl sites for hydroxylation is 2. The van der Waals surface area contributed by atoms with Crippen molar-refractivity contribution >= 4 is 10.0 Å². The Labute approximate surface area is 136 Å². The van der Waals surface area contributed by atoms with E-state index in [4.69, 9.17) is 0 Å². The third-order valence-electron chi connectivity index (χ3n) is 4.39. The van der Waals surface area contributed by atoms with Crippen LogP contribution in [0.1, 0.15) is 24.6 Å². The lowest BCUT2D eigenvalue weighted by Gasteiger charge is -2.38. The van der Waals surface area contributed by atoms with E-state index in [1.807, 2.05) is 0 Å². The molecule has 0 unspecified atom stereocenters. The van der Waals surface area contributed by atoms with Gasteiger partial charge in [0.05, 0.1) is 6.04 Å². The number of nitrogens with one attached hydrogen (secondary N) is 1. The molecule has 9 heteroatoms. The number of likely N-dealkylation sites (N-methyl/N-ethyl adjacent to an activating group) is 1. The molecule has 0 bridgehead atoms. The van der Waals surface area contributed by atoms with Crippen molar-refractivity contribution < 1.29 is 8.42 Å². The highest BCUT2D eigenvalue weighted by molar-refractivity contribution is 7.89. The highest BCUT2D eigenvalue weighted by Crippen LogP contribution is 2.26. The Hall–Kier alpha value is -1.71. The lowest BCUT2D eigenvalue weighted by atomic mass is 10.2. The molecule has 0 saturated carbocycles. The van der Waals surface area contributed by atoms with Crippen LogP contribution in [0.25, 0.3) is 0 Å². The molecule has 3 heterocycles. The van der Waals surface area contributed by atoms with E-state index in [0.29, 0.717) is 25.5 Å². The van der Waals surface area contributed by atoms with Gasteiger partial charge in [-0.3, -0.25) is 4.90 Å². The van der Waals surface area contributed by atoms with Gasteiger partial charge in [0.15, 0.2) is 5.03 Å². The minimum absolute atomic E-state index is 0.0664. The fourth-order valence-corrected chi connectivity index (χ4v) is 4.36. The second-order valence-corrected chi connectivity index (χ2v) is 7.60. The fraction of sp³-hybridized carbons (Fsp3) is 0.571. The monoisotopic (exact) mass is 338 g/mol. The maximum Gasteiger partial charge on any atom is 0.262 e. The number of hydrogen-bond acceptors (Lipinski definition) is 5. The average molecular weight is 338 g/mol. The summed E-state index contributed by atoms with van der Waals surface area (Å²) in [6.07, 6.45) is 5.02. The summed E-state index contributed by atoms with van der Waals surface area (Å²) in [5.41, 5.74) is 0. The first-order valence-electron chi connectivity index (χ1n) is 7.67. The summed E-state index contributed by atoms with van der Waals surface area (Å²) in [5.74, 6) is 1.47. The molecule has 1 N–H and O–H groups in total. The van der Waals surface area contributed by atoms with Gasteiger partial charge in [-0.15, -0.1) is 0 Å². The topological polar surface area (TPSA) is 87.1 Å². The van der Waals surface area contributed by atoms with Gasteiger partial charge >= 0.3 is 0 Å². The molecule has 0 amide bonds. The van der Waals surface area contributed by atoms with Crippen molar-refractivity contribution in [3.05, 3.63) is 30.2 Å². The molecule has 2 aromatic heterocycles. The summed E-state index contributed by atoms with van der Waals surface area (Å²) in [6.45, 7) is 6.22. The predicted octanol–water partition coefficient (Wildman–Crippen LogP) is 0.519. The van der Waals surface area contributed by atoms with E-state index in [9.17, 15) is 8.42 Å². The van der Waals surface area contributed by atoms with Crippen LogP contribution < -0.4 is 0 Å². The Morgan fingerprint density at radius 2 is 2.17 bits per heavy atom. The zero-order valence-electron chi connectivity index (χ0n) is 13.6. The Morgan fingerprint density at radius 1 is 1.39 bits per heavy atom. The minimum atomic E-state index is -3.59. The van der Waals surface area contributed by atoms with Crippen molar-refractivity contribution in [3.63, 3.8) is 0 Å². The summed E-state index contributed by atoms with van der Waals surface area (Å²) in [7, 11) is -1.79. The second kappa shape index (κ2) is 6.06. The van der Waals surface area contributed by atoms with Crippen LogP contribution in [0.4, 0.5) is 0 Å². The summed E-state index contributed by atoms with van der Waals surface area (Å²) < 4.78 is 29.0. The standard InChI is InChI=1S/C14H22N6O2S/c1-4-19-7-8-20(9-12(19)14-15-5-6-16-14)23(21,22)13-10-18(3)11(2)17-13/h5-6,10,12H,4,7-9H2,1-3H3,(H,15,16)/t12-/m0/s1. The Morgan fingerprint density at radius 3 is 2.74 bits per heavy atom. The van der Waals surface area contributed by atoms with E-state index >= 15 is 0 Å². The Bertz CT molecular complexity index is 748. The van der Waals surface area contributed by atoms with Gasteiger partial charge in [-0.1, -0.05) is 6.92 Å². The first-order chi connectivity index (χ1) is 10.9. The highest BCUT2D eigenvalue weighted by atomic mass is 32.2. The molecule has 3 rings (SSSR count). The van der Waals surface area contributed by atoms with E-state index in [2.05, 4.69) is 26.8 Å². The van der Waals surface area contributed by atoms with Crippen LogP contribution in [-0.4, -0.2) is 63.3 Å². The van der Waals surface area contributed by atoms with Crippen molar-refractivity contribution in [1.82, 2.24) is 28.7 Å². The first-order valence-corrected chi connectivity index (χ1v) is 9.11. The number of hydrogen-bond donors (Lipinski definition) is 1. The van der Waals surface area contributed by atoms with Crippen LogP contribution in [-0.2, 0) is 17.1 Å². The van der Waals surface area contributed by atoms with Crippen LogP contribution in [0.5, 0.6) is 0 Å². The minimum Gasteiger partial charge on any atom is -0.347 e. The Kier molecular flexibility index (Phi) is 4.26. The normalized spacial score (nSPS) is 20.9. The maximum atomic E-state index is 12.9. The van der Waals surface area contributed by atoms with E-state index in [1.165, 1.54) is 4.31 Å². The lowest BCUT2D eigenvalue weighted by Crippen LogP contribution is -2.50. The molecule has 126 valence electrons. The molecular formula is C14H22N6O2S. The average Bonchev–Trinajstić information content (AvgIpc) is 3.17. The predicted molar refractivity (Wildman–Crippen MR) is 85.3 cm³/mol. The summed E-state index contributed by atoms with van der Waals surface area (Å²) >= 11 is 0. The molecule has 2 aromatic rings. The van der Waals surface area contributed by atoms with E-state index in [-0.39, 0.29) is 11.1 Å². The SMILES string of the molecule is CCN1CCN(S(=O)(=O)c2cn(C)c(C)n2)C[C@H]1c1ncc[nH]1. The summed E-state index contributed by atoms with van der Waals surface area (Å²) in [4.78, 5) is 13.8. The van der Waals surface area contributed by atoms with Gasteiger partial charge in [-0.2, -0.15) is 4.31 Å². The van der Waals surface area contributed by atoms with Crippen LogP contribution in [0.2, 0.25) is 0 Å². The van der Waals surface area contributed by atoms with Gasteiger partial charge in [0.25, 0.3) is 10.0 Å². The number of aromatic nitrogens is 4. The number of H-pyrrole nitrogens is 1.